The number of benzene rings is 3. The maximum absolute atomic E-state index is 14.3. The number of aromatic nitrogens is 3. The van der Waals surface area contributed by atoms with E-state index in [1.54, 1.807) is 0 Å². The molecule has 2 bridgehead atoms. The van der Waals surface area contributed by atoms with Gasteiger partial charge in [-0.3, -0.25) is 0 Å². The third-order valence-corrected chi connectivity index (χ3v) is 11.6. The number of pyridine rings is 3. The summed E-state index contributed by atoms with van der Waals surface area (Å²) >= 11 is 1.44. The van der Waals surface area contributed by atoms with E-state index in [0.29, 0.717) is 11.8 Å². The second kappa shape index (κ2) is 14.4. The molecule has 0 saturated carbocycles. The van der Waals surface area contributed by atoms with Crippen molar-refractivity contribution in [3.63, 3.8) is 0 Å². The molecule has 3 aromatic heterocycles. The molecule has 0 spiro atoms. The highest BCUT2D eigenvalue weighted by Gasteiger charge is 2.32. The van der Waals surface area contributed by atoms with Gasteiger partial charge in [-0.25, -0.2) is 76.4 Å². The van der Waals surface area contributed by atoms with E-state index in [4.69, 9.17) is 0 Å². The van der Waals surface area contributed by atoms with Crippen molar-refractivity contribution in [3.05, 3.63) is 99.3 Å². The van der Waals surface area contributed by atoms with Crippen LogP contribution < -0.4 is 0 Å². The Labute approximate surface area is 297 Å². The lowest BCUT2D eigenvalue weighted by Crippen LogP contribution is -2.05. The zero-order valence-electron chi connectivity index (χ0n) is 24.3. The number of rotatable bonds is 4. The van der Waals surface area contributed by atoms with E-state index < -0.39 is 152 Å². The molecule has 7 rings (SSSR count). The number of hydrogen-bond acceptors (Lipinski definition) is 7. The van der Waals surface area contributed by atoms with E-state index in [1.807, 2.05) is 0 Å². The molecule has 1 aliphatic heterocycles. The fraction of sp³-hybridized carbons (Fsp3) is 0.0690. The van der Waals surface area contributed by atoms with Crippen molar-refractivity contribution in [2.75, 3.05) is 10.2 Å². The fourth-order valence-electron chi connectivity index (χ4n) is 4.68. The number of fused-ring (bicyclic) bond motifs is 3. The van der Waals surface area contributed by atoms with E-state index in [1.165, 1.54) is 0 Å². The van der Waals surface area contributed by atoms with Crippen LogP contribution in [0.1, 0.15) is 0 Å². The first-order valence-corrected chi connectivity index (χ1v) is 17.2. The summed E-state index contributed by atoms with van der Waals surface area (Å²) in [5.41, 5.74) is -3.70. The van der Waals surface area contributed by atoms with Crippen LogP contribution in [0.3, 0.4) is 0 Å². The van der Waals surface area contributed by atoms with Crippen LogP contribution >= 0.6 is 47.0 Å². The van der Waals surface area contributed by atoms with Gasteiger partial charge in [0.1, 0.15) is 16.6 Å². The topological polar surface area (TPSA) is 38.7 Å². The van der Waals surface area contributed by atoms with Crippen molar-refractivity contribution in [1.29, 1.82) is 0 Å². The predicted octanol–water partition coefficient (Wildman–Crippen LogP) is 11.4. The molecule has 0 atom stereocenters. The summed E-state index contributed by atoms with van der Waals surface area (Å²) in [7, 11) is 0. The van der Waals surface area contributed by atoms with Gasteiger partial charge in [-0.1, -0.05) is 0 Å². The van der Waals surface area contributed by atoms with Crippen molar-refractivity contribution in [3.8, 4) is 0 Å². The minimum atomic E-state index is -2.39. The standard InChI is InChI=1S/C19H2F12N2S2.C10H2F5NS2/c20-4-2-14(10(26)8(24)6(4)22)32-18(30)12(28)16(2)34-1-35-17-3-5(21)7(23)9(25)11(27)15(3)33-19(31)13(17)29;11-3-2-7-4(12)5(13)9(3)18-1-17-8(2)6(14)10(15)16-7/h1H2;1H2. The maximum Gasteiger partial charge on any atom is 0.250 e. The molecule has 3 aromatic carbocycles. The van der Waals surface area contributed by atoms with Gasteiger partial charge in [-0.05, 0) is 0 Å². The van der Waals surface area contributed by atoms with Gasteiger partial charge in [0.2, 0.25) is 0 Å². The van der Waals surface area contributed by atoms with Gasteiger partial charge in [-0.2, -0.15) is 13.2 Å². The Bertz CT molecular complexity index is 2460. The summed E-state index contributed by atoms with van der Waals surface area (Å²) in [6.45, 7) is 0. The molecule has 278 valence electrons. The summed E-state index contributed by atoms with van der Waals surface area (Å²) in [5.74, 6) is -33.1. The number of halogens is 17. The molecular formula is C29H4F17N3S4. The van der Waals surface area contributed by atoms with E-state index in [2.05, 4.69) is 15.0 Å². The second-order valence-corrected chi connectivity index (χ2v) is 14.6. The summed E-state index contributed by atoms with van der Waals surface area (Å²) < 4.78 is 235. The lowest BCUT2D eigenvalue weighted by atomic mass is 10.2. The van der Waals surface area contributed by atoms with Gasteiger partial charge < -0.3 is 0 Å². The molecule has 0 radical (unpaired) electrons. The Morgan fingerprint density at radius 3 is 1.17 bits per heavy atom. The minimum absolute atomic E-state index is 0.0179. The van der Waals surface area contributed by atoms with E-state index in [-0.39, 0.29) is 33.5 Å². The quantitative estimate of drug-likeness (QED) is 0.0437. The Morgan fingerprint density at radius 1 is 0.358 bits per heavy atom. The maximum atomic E-state index is 14.3. The minimum Gasteiger partial charge on any atom is -0.214 e. The van der Waals surface area contributed by atoms with Crippen molar-refractivity contribution >= 4 is 79.8 Å². The third-order valence-electron chi connectivity index (χ3n) is 7.01. The van der Waals surface area contributed by atoms with Gasteiger partial charge >= 0.3 is 0 Å². The average molecular weight is 846 g/mol. The van der Waals surface area contributed by atoms with Gasteiger partial charge in [0.05, 0.1) is 35.7 Å². The number of nitrogens with zero attached hydrogens (tertiary/aromatic N) is 3. The van der Waals surface area contributed by atoms with Crippen LogP contribution in [0, 0.1) is 99.3 Å². The lowest BCUT2D eigenvalue weighted by molar-refractivity contribution is 0.412. The molecule has 0 N–H and O–H groups in total. The van der Waals surface area contributed by atoms with Gasteiger partial charge in [0.25, 0.3) is 17.8 Å². The molecule has 0 fully saturated rings. The molecule has 0 amide bonds. The third kappa shape index (κ3) is 6.23. The largest absolute Gasteiger partial charge is 0.250 e. The fourth-order valence-corrected chi connectivity index (χ4v) is 9.11. The van der Waals surface area contributed by atoms with Crippen LogP contribution in [-0.2, 0) is 0 Å². The molecule has 1 aliphatic rings. The summed E-state index contributed by atoms with van der Waals surface area (Å²) in [6.07, 6.45) is 0. The van der Waals surface area contributed by atoms with Crippen molar-refractivity contribution in [2.24, 2.45) is 0 Å². The Balaban J connectivity index is 0.000000222. The zero-order valence-corrected chi connectivity index (χ0v) is 27.6. The number of hydrogen-bond donors (Lipinski definition) is 0. The first-order chi connectivity index (χ1) is 24.9. The summed E-state index contributed by atoms with van der Waals surface area (Å²) in [6, 6.07) is 0. The summed E-state index contributed by atoms with van der Waals surface area (Å²) in [5, 5.41) is -4.01. The first kappa shape index (κ1) is 38.8. The zero-order chi connectivity index (χ0) is 39.0. The average Bonchev–Trinajstić information content (AvgIpc) is 3.28. The van der Waals surface area contributed by atoms with Crippen LogP contribution in [0.5, 0.6) is 0 Å². The smallest absolute Gasteiger partial charge is 0.214 e. The van der Waals surface area contributed by atoms with Crippen LogP contribution in [0.2, 0.25) is 0 Å². The monoisotopic (exact) mass is 845 g/mol. The number of thioether (sulfide) groups is 4. The van der Waals surface area contributed by atoms with Crippen molar-refractivity contribution < 1.29 is 74.6 Å². The highest BCUT2D eigenvalue weighted by molar-refractivity contribution is 8.16. The molecule has 0 aliphatic carbocycles. The van der Waals surface area contributed by atoms with Crippen LogP contribution in [0.15, 0.2) is 19.6 Å². The molecular weight excluding hydrogens is 842 g/mol. The highest BCUT2D eigenvalue weighted by Crippen LogP contribution is 2.45. The van der Waals surface area contributed by atoms with Gasteiger partial charge in [0.15, 0.2) is 81.4 Å². The molecule has 3 nitrogen and oxygen atoms in total. The van der Waals surface area contributed by atoms with Crippen LogP contribution in [0.4, 0.5) is 74.6 Å². The lowest BCUT2D eigenvalue weighted by Gasteiger charge is -2.13. The normalized spacial score (nSPS) is 12.6. The van der Waals surface area contributed by atoms with Crippen LogP contribution in [0.25, 0.3) is 32.7 Å². The highest BCUT2D eigenvalue weighted by atomic mass is 32.2. The van der Waals surface area contributed by atoms with E-state index >= 15 is 0 Å². The van der Waals surface area contributed by atoms with Crippen molar-refractivity contribution in [2.45, 2.75) is 19.6 Å². The van der Waals surface area contributed by atoms with E-state index in [0.717, 1.165) is 11.8 Å². The molecule has 0 unspecified atom stereocenters. The molecule has 53 heavy (non-hydrogen) atoms. The Kier molecular flexibility index (Phi) is 10.5. The SMILES string of the molecule is Fc1nc2c(F)c(F)c(F)c(F)c2c(SCSc2c(F)c(F)nc3c(F)c(F)c(F)c(F)c23)c1F.Fc1nc2c(F)c(F)c3c(F)c2c(c1F)SCS3. The van der Waals surface area contributed by atoms with E-state index in [9.17, 15) is 74.6 Å². The molecule has 24 heteroatoms. The predicted molar refractivity (Wildman–Crippen MR) is 158 cm³/mol. The second-order valence-electron chi connectivity index (χ2n) is 9.90. The molecule has 4 heterocycles. The Morgan fingerprint density at radius 2 is 0.717 bits per heavy atom. The van der Waals surface area contributed by atoms with Gasteiger partial charge in [-0.15, -0.1) is 47.0 Å². The summed E-state index contributed by atoms with van der Waals surface area (Å²) in [4.78, 5) is 5.06. The Hall–Kier alpha value is -3.90. The van der Waals surface area contributed by atoms with Crippen LogP contribution in [-0.4, -0.2) is 25.1 Å². The first-order valence-electron chi connectivity index (χ1n) is 13.3. The van der Waals surface area contributed by atoms with Gasteiger partial charge in [0, 0.05) is 10.2 Å². The van der Waals surface area contributed by atoms with Crippen molar-refractivity contribution in [1.82, 2.24) is 15.0 Å². The molecule has 6 aromatic rings. The molecule has 0 saturated heterocycles.